The molecular weight excluding hydrogens is 182 g/mol. The van der Waals surface area contributed by atoms with Crippen LogP contribution in [0.15, 0.2) is 24.3 Å². The highest BCUT2D eigenvalue weighted by molar-refractivity contribution is 5.39. The van der Waals surface area contributed by atoms with E-state index in [2.05, 4.69) is 43.0 Å². The zero-order chi connectivity index (χ0) is 10.4. The lowest BCUT2D eigenvalue weighted by atomic mass is 9.95. The van der Waals surface area contributed by atoms with Gasteiger partial charge in [0.15, 0.2) is 0 Å². The third-order valence-corrected chi connectivity index (χ3v) is 4.10. The van der Waals surface area contributed by atoms with E-state index in [9.17, 15) is 0 Å². The van der Waals surface area contributed by atoms with Gasteiger partial charge in [0, 0.05) is 12.1 Å². The van der Waals surface area contributed by atoms with E-state index in [1.807, 2.05) is 0 Å². The molecule has 0 aromatic heterocycles. The van der Waals surface area contributed by atoms with Crippen molar-refractivity contribution in [1.29, 1.82) is 0 Å². The van der Waals surface area contributed by atoms with Gasteiger partial charge in [-0.3, -0.25) is 4.90 Å². The molecule has 1 aromatic rings. The maximum Gasteiger partial charge on any atom is 0.0359 e. The van der Waals surface area contributed by atoms with Crippen LogP contribution in [0.1, 0.15) is 49.8 Å². The van der Waals surface area contributed by atoms with Gasteiger partial charge in [-0.15, -0.1) is 0 Å². The SMILES string of the molecule is CC(C)N1CC[C@H]2C[C@@H]1c1ccccc12. The van der Waals surface area contributed by atoms with Crippen molar-refractivity contribution in [3.05, 3.63) is 35.4 Å². The molecule has 1 aliphatic carbocycles. The van der Waals surface area contributed by atoms with E-state index in [4.69, 9.17) is 0 Å². The molecule has 2 aliphatic rings. The minimum atomic E-state index is 0.683. The standard InChI is InChI=1S/C14H19N/c1-10(2)15-8-7-11-9-14(15)13-6-4-3-5-12(11)13/h3-6,10-11,14H,7-9H2,1-2H3/t11-,14+/m0/s1. The smallest absolute Gasteiger partial charge is 0.0359 e. The molecule has 1 aliphatic heterocycles. The zero-order valence-corrected chi connectivity index (χ0v) is 9.61. The van der Waals surface area contributed by atoms with E-state index in [1.54, 1.807) is 11.1 Å². The molecule has 2 bridgehead atoms. The minimum Gasteiger partial charge on any atom is -0.294 e. The molecule has 3 rings (SSSR count). The number of hydrogen-bond acceptors (Lipinski definition) is 1. The van der Waals surface area contributed by atoms with Crippen LogP contribution < -0.4 is 0 Å². The van der Waals surface area contributed by atoms with Crippen molar-refractivity contribution >= 4 is 0 Å². The molecular formula is C14H19N. The molecule has 0 radical (unpaired) electrons. The molecule has 1 aromatic carbocycles. The number of hydrogen-bond donors (Lipinski definition) is 0. The zero-order valence-electron chi connectivity index (χ0n) is 9.61. The van der Waals surface area contributed by atoms with Gasteiger partial charge in [-0.2, -0.15) is 0 Å². The number of fused-ring (bicyclic) bond motifs is 5. The summed E-state index contributed by atoms with van der Waals surface area (Å²) >= 11 is 0. The van der Waals surface area contributed by atoms with Crippen molar-refractivity contribution in [2.24, 2.45) is 0 Å². The van der Waals surface area contributed by atoms with Crippen LogP contribution in [0.25, 0.3) is 0 Å². The fourth-order valence-corrected chi connectivity index (χ4v) is 3.38. The van der Waals surface area contributed by atoms with Gasteiger partial charge >= 0.3 is 0 Å². The average molecular weight is 201 g/mol. The first-order valence-corrected chi connectivity index (χ1v) is 6.12. The second kappa shape index (κ2) is 3.34. The lowest BCUT2D eigenvalue weighted by molar-refractivity contribution is 0.116. The summed E-state index contributed by atoms with van der Waals surface area (Å²) in [5.41, 5.74) is 3.24. The predicted octanol–water partition coefficient (Wildman–Crippen LogP) is 3.33. The highest BCUT2D eigenvalue weighted by Crippen LogP contribution is 2.49. The quantitative estimate of drug-likeness (QED) is 0.673. The monoisotopic (exact) mass is 201 g/mol. The van der Waals surface area contributed by atoms with E-state index < -0.39 is 0 Å². The summed E-state index contributed by atoms with van der Waals surface area (Å²) in [7, 11) is 0. The van der Waals surface area contributed by atoms with Crippen LogP contribution in [-0.2, 0) is 0 Å². The second-order valence-electron chi connectivity index (χ2n) is 5.20. The van der Waals surface area contributed by atoms with E-state index in [1.165, 1.54) is 19.4 Å². The molecule has 0 N–H and O–H groups in total. The largest absolute Gasteiger partial charge is 0.294 e. The molecule has 1 heteroatoms. The van der Waals surface area contributed by atoms with Crippen LogP contribution >= 0.6 is 0 Å². The number of likely N-dealkylation sites (tertiary alicyclic amines) is 1. The molecule has 1 nitrogen and oxygen atoms in total. The van der Waals surface area contributed by atoms with Crippen molar-refractivity contribution in [2.75, 3.05) is 6.54 Å². The Bertz CT molecular complexity index is 369. The fraction of sp³-hybridized carbons (Fsp3) is 0.571. The van der Waals surface area contributed by atoms with E-state index >= 15 is 0 Å². The van der Waals surface area contributed by atoms with Gasteiger partial charge in [-0.1, -0.05) is 24.3 Å². The van der Waals surface area contributed by atoms with Crippen LogP contribution in [0.3, 0.4) is 0 Å². The Labute approximate surface area is 92.1 Å². The summed E-state index contributed by atoms with van der Waals surface area (Å²) < 4.78 is 0. The van der Waals surface area contributed by atoms with Crippen LogP contribution in [0, 0.1) is 0 Å². The van der Waals surface area contributed by atoms with Gasteiger partial charge in [0.25, 0.3) is 0 Å². The third-order valence-electron chi connectivity index (χ3n) is 4.10. The Morgan fingerprint density at radius 2 is 1.93 bits per heavy atom. The second-order valence-corrected chi connectivity index (χ2v) is 5.20. The molecule has 1 fully saturated rings. The predicted molar refractivity (Wildman–Crippen MR) is 63.0 cm³/mol. The lowest BCUT2D eigenvalue weighted by Crippen LogP contribution is -2.37. The Morgan fingerprint density at radius 1 is 1.20 bits per heavy atom. The Kier molecular flexibility index (Phi) is 2.10. The first-order valence-electron chi connectivity index (χ1n) is 6.12. The third kappa shape index (κ3) is 1.33. The lowest BCUT2D eigenvalue weighted by Gasteiger charge is -2.36. The molecule has 0 unspecified atom stereocenters. The summed E-state index contributed by atoms with van der Waals surface area (Å²) in [6.07, 6.45) is 2.71. The Morgan fingerprint density at radius 3 is 2.67 bits per heavy atom. The normalized spacial score (nSPS) is 29.5. The van der Waals surface area contributed by atoms with E-state index in [-0.39, 0.29) is 0 Å². The number of piperidine rings is 1. The van der Waals surface area contributed by atoms with Crippen LogP contribution in [0.2, 0.25) is 0 Å². The number of nitrogens with zero attached hydrogens (tertiary/aromatic N) is 1. The highest BCUT2D eigenvalue weighted by Gasteiger charge is 2.38. The number of benzene rings is 1. The van der Waals surface area contributed by atoms with Crippen LogP contribution in [-0.4, -0.2) is 17.5 Å². The minimum absolute atomic E-state index is 0.683. The summed E-state index contributed by atoms with van der Waals surface area (Å²) in [5, 5.41) is 0. The van der Waals surface area contributed by atoms with E-state index in [0.717, 1.165) is 5.92 Å². The first kappa shape index (κ1) is 9.41. The topological polar surface area (TPSA) is 3.24 Å². The molecule has 0 amide bonds. The van der Waals surface area contributed by atoms with Crippen molar-refractivity contribution in [2.45, 2.75) is 44.7 Å². The first-order chi connectivity index (χ1) is 7.27. The van der Waals surface area contributed by atoms with Gasteiger partial charge < -0.3 is 0 Å². The fourth-order valence-electron chi connectivity index (χ4n) is 3.38. The number of rotatable bonds is 1. The maximum atomic E-state index is 2.67. The van der Waals surface area contributed by atoms with Gasteiger partial charge in [0.1, 0.15) is 0 Å². The molecule has 1 heterocycles. The van der Waals surface area contributed by atoms with Crippen molar-refractivity contribution in [3.8, 4) is 0 Å². The molecule has 1 saturated heterocycles. The Balaban J connectivity index is 2.02. The highest BCUT2D eigenvalue weighted by atomic mass is 15.2. The molecule has 15 heavy (non-hydrogen) atoms. The summed E-state index contributed by atoms with van der Waals surface area (Å²) in [5.74, 6) is 0.848. The van der Waals surface area contributed by atoms with Crippen molar-refractivity contribution in [3.63, 3.8) is 0 Å². The average Bonchev–Trinajstić information content (AvgIpc) is 2.54. The van der Waals surface area contributed by atoms with E-state index in [0.29, 0.717) is 12.1 Å². The molecule has 80 valence electrons. The molecule has 2 atom stereocenters. The van der Waals surface area contributed by atoms with Crippen LogP contribution in [0.5, 0.6) is 0 Å². The van der Waals surface area contributed by atoms with Gasteiger partial charge in [-0.05, 0) is 50.3 Å². The molecule has 0 spiro atoms. The molecule has 0 saturated carbocycles. The van der Waals surface area contributed by atoms with Gasteiger partial charge in [0.2, 0.25) is 0 Å². The van der Waals surface area contributed by atoms with Crippen LogP contribution in [0.4, 0.5) is 0 Å². The maximum absolute atomic E-state index is 2.67. The van der Waals surface area contributed by atoms with Crippen molar-refractivity contribution < 1.29 is 0 Å². The van der Waals surface area contributed by atoms with Crippen molar-refractivity contribution in [1.82, 2.24) is 4.90 Å². The summed E-state index contributed by atoms with van der Waals surface area (Å²) in [6.45, 7) is 5.92. The van der Waals surface area contributed by atoms with Gasteiger partial charge in [-0.25, -0.2) is 0 Å². The summed E-state index contributed by atoms with van der Waals surface area (Å²) in [6, 6.07) is 10.4. The summed E-state index contributed by atoms with van der Waals surface area (Å²) in [4.78, 5) is 2.67. The van der Waals surface area contributed by atoms with Gasteiger partial charge in [0.05, 0.1) is 0 Å². The Hall–Kier alpha value is -0.820.